The average molecular weight is 309 g/mol. The van der Waals surface area contributed by atoms with E-state index in [0.717, 1.165) is 5.56 Å². The van der Waals surface area contributed by atoms with Crippen molar-refractivity contribution in [1.82, 2.24) is 0 Å². The second kappa shape index (κ2) is 6.59. The second-order valence-corrected chi connectivity index (χ2v) is 6.34. The summed E-state index contributed by atoms with van der Waals surface area (Å²) in [6.07, 6.45) is -0.888. The van der Waals surface area contributed by atoms with Gasteiger partial charge >= 0.3 is 5.38 Å². The van der Waals surface area contributed by atoms with Crippen LogP contribution in [0.1, 0.15) is 12.0 Å². The van der Waals surface area contributed by atoms with Gasteiger partial charge in [0.25, 0.3) is 0 Å². The average Bonchev–Trinajstić information content (AvgIpc) is 2.34. The summed E-state index contributed by atoms with van der Waals surface area (Å²) in [5.74, 6) is 0. The Morgan fingerprint density at radius 2 is 2.00 bits per heavy atom. The molecule has 1 aromatic carbocycles. The molecule has 1 unspecified atom stereocenters. The standard InChI is InChI=1S/C13H15ClF2O2S/c1-3-4-11(12(17)13(14,15)16)19(18)10-7-5-9(2)6-8-10/h3,5-8,11-12,17H,1,4H2,2H3/t11-,12+,19?/m1/s1. The Morgan fingerprint density at radius 1 is 1.47 bits per heavy atom. The Morgan fingerprint density at radius 3 is 2.42 bits per heavy atom. The number of aliphatic hydroxyl groups is 1. The van der Waals surface area contributed by atoms with Gasteiger partial charge in [0.15, 0.2) is 0 Å². The first-order valence-corrected chi connectivity index (χ1v) is 7.19. The molecule has 1 rings (SSSR count). The number of rotatable bonds is 6. The summed E-state index contributed by atoms with van der Waals surface area (Å²) >= 11 is 4.82. The highest BCUT2D eigenvalue weighted by Gasteiger charge is 2.43. The van der Waals surface area contributed by atoms with E-state index in [1.807, 2.05) is 6.92 Å². The van der Waals surface area contributed by atoms with Crippen LogP contribution in [0.2, 0.25) is 0 Å². The lowest BCUT2D eigenvalue weighted by Gasteiger charge is -2.24. The van der Waals surface area contributed by atoms with E-state index in [1.165, 1.54) is 6.08 Å². The van der Waals surface area contributed by atoms with Gasteiger partial charge in [-0.1, -0.05) is 23.8 Å². The van der Waals surface area contributed by atoms with E-state index in [2.05, 4.69) is 6.58 Å². The first-order valence-electron chi connectivity index (χ1n) is 5.60. The van der Waals surface area contributed by atoms with Gasteiger partial charge in [-0.3, -0.25) is 4.21 Å². The van der Waals surface area contributed by atoms with Gasteiger partial charge in [0, 0.05) is 4.90 Å². The molecule has 0 spiro atoms. The molecule has 0 bridgehead atoms. The van der Waals surface area contributed by atoms with Crippen LogP contribution < -0.4 is 0 Å². The van der Waals surface area contributed by atoms with Gasteiger partial charge in [-0.25, -0.2) is 0 Å². The molecule has 106 valence electrons. The Bertz CT molecular complexity index is 457. The Labute approximate surface area is 118 Å². The van der Waals surface area contributed by atoms with Crippen molar-refractivity contribution >= 4 is 22.4 Å². The summed E-state index contributed by atoms with van der Waals surface area (Å²) in [6.45, 7) is 5.28. The molecule has 0 aromatic heterocycles. The first-order chi connectivity index (χ1) is 8.77. The lowest BCUT2D eigenvalue weighted by Crippen LogP contribution is -2.41. The molecular formula is C13H15ClF2O2S. The van der Waals surface area contributed by atoms with E-state index in [1.54, 1.807) is 24.3 Å². The van der Waals surface area contributed by atoms with Crippen LogP contribution in [0.25, 0.3) is 0 Å². The quantitative estimate of drug-likeness (QED) is 0.647. The molecule has 0 aliphatic rings. The number of hydrogen-bond donors (Lipinski definition) is 1. The lowest BCUT2D eigenvalue weighted by atomic mass is 10.2. The molecule has 6 heteroatoms. The third kappa shape index (κ3) is 4.37. The van der Waals surface area contributed by atoms with Crippen molar-refractivity contribution < 1.29 is 18.1 Å². The molecule has 0 fully saturated rings. The minimum Gasteiger partial charge on any atom is -0.384 e. The molecule has 0 saturated carbocycles. The maximum atomic E-state index is 13.0. The van der Waals surface area contributed by atoms with E-state index in [0.29, 0.717) is 4.90 Å². The van der Waals surface area contributed by atoms with Gasteiger partial charge in [0.2, 0.25) is 0 Å². The number of halogens is 3. The summed E-state index contributed by atoms with van der Waals surface area (Å²) < 4.78 is 38.2. The molecule has 0 saturated heterocycles. The fraction of sp³-hybridized carbons (Fsp3) is 0.385. The molecule has 0 heterocycles. The number of aliphatic hydroxyl groups excluding tert-OH is 1. The van der Waals surface area contributed by atoms with Crippen LogP contribution in [-0.2, 0) is 10.8 Å². The van der Waals surface area contributed by atoms with E-state index in [-0.39, 0.29) is 6.42 Å². The zero-order valence-electron chi connectivity index (χ0n) is 10.4. The van der Waals surface area contributed by atoms with E-state index < -0.39 is 27.5 Å². The summed E-state index contributed by atoms with van der Waals surface area (Å²) in [5, 5.41) is 4.51. The minimum atomic E-state index is -3.83. The molecule has 2 nitrogen and oxygen atoms in total. The highest BCUT2D eigenvalue weighted by atomic mass is 35.5. The third-order valence-electron chi connectivity index (χ3n) is 2.61. The molecule has 1 aromatic rings. The van der Waals surface area contributed by atoms with Gasteiger partial charge in [-0.2, -0.15) is 8.78 Å². The maximum Gasteiger partial charge on any atom is 0.348 e. The van der Waals surface area contributed by atoms with Crippen LogP contribution in [0.5, 0.6) is 0 Å². The van der Waals surface area contributed by atoms with Gasteiger partial charge in [-0.05, 0) is 37.1 Å². The zero-order chi connectivity index (χ0) is 14.6. The van der Waals surface area contributed by atoms with E-state index in [9.17, 15) is 18.1 Å². The van der Waals surface area contributed by atoms with Crippen molar-refractivity contribution in [3.63, 3.8) is 0 Å². The summed E-state index contributed by atoms with van der Waals surface area (Å²) in [4.78, 5) is 0.373. The zero-order valence-corrected chi connectivity index (χ0v) is 11.9. The topological polar surface area (TPSA) is 37.3 Å². The fourth-order valence-corrected chi connectivity index (χ4v) is 3.25. The number of benzene rings is 1. The second-order valence-electron chi connectivity index (χ2n) is 4.16. The number of hydrogen-bond acceptors (Lipinski definition) is 2. The smallest absolute Gasteiger partial charge is 0.348 e. The predicted octanol–water partition coefficient (Wildman–Crippen LogP) is 3.24. The van der Waals surface area contributed by atoms with Crippen molar-refractivity contribution in [2.75, 3.05) is 0 Å². The Hall–Kier alpha value is -0.780. The third-order valence-corrected chi connectivity index (χ3v) is 4.58. The van der Waals surface area contributed by atoms with Crippen LogP contribution in [-0.4, -0.2) is 26.1 Å². The normalized spacial score (nSPS) is 16.7. The van der Waals surface area contributed by atoms with Crippen LogP contribution in [0.15, 0.2) is 41.8 Å². The van der Waals surface area contributed by atoms with Crippen LogP contribution in [0, 0.1) is 6.92 Å². The van der Waals surface area contributed by atoms with Gasteiger partial charge in [0.05, 0.1) is 16.0 Å². The van der Waals surface area contributed by atoms with Gasteiger partial charge < -0.3 is 5.11 Å². The van der Waals surface area contributed by atoms with Crippen molar-refractivity contribution in [3.05, 3.63) is 42.5 Å². The Balaban J connectivity index is 3.02. The molecule has 0 aliphatic carbocycles. The van der Waals surface area contributed by atoms with Gasteiger partial charge in [-0.15, -0.1) is 6.58 Å². The number of aryl methyl sites for hydroxylation is 1. The number of alkyl halides is 3. The SMILES string of the molecule is C=CC[C@H]([C@H](O)C(F)(F)Cl)S(=O)c1ccc(C)cc1. The molecular weight excluding hydrogens is 294 g/mol. The molecule has 1 N–H and O–H groups in total. The first kappa shape index (κ1) is 16.3. The minimum absolute atomic E-state index is 0.0238. The Kier molecular flexibility index (Phi) is 5.64. The van der Waals surface area contributed by atoms with E-state index in [4.69, 9.17) is 11.6 Å². The lowest BCUT2D eigenvalue weighted by molar-refractivity contribution is -0.0410. The van der Waals surface area contributed by atoms with Crippen molar-refractivity contribution in [3.8, 4) is 0 Å². The van der Waals surface area contributed by atoms with Crippen molar-refractivity contribution in [2.45, 2.75) is 35.0 Å². The summed E-state index contributed by atoms with van der Waals surface area (Å²) in [7, 11) is -1.79. The summed E-state index contributed by atoms with van der Waals surface area (Å²) in [6, 6.07) is 6.62. The van der Waals surface area contributed by atoms with Crippen LogP contribution in [0.4, 0.5) is 8.78 Å². The predicted molar refractivity (Wildman–Crippen MR) is 73.0 cm³/mol. The molecule has 3 atom stereocenters. The fourth-order valence-electron chi connectivity index (χ4n) is 1.56. The van der Waals surface area contributed by atoms with Crippen molar-refractivity contribution in [2.24, 2.45) is 0 Å². The molecule has 19 heavy (non-hydrogen) atoms. The van der Waals surface area contributed by atoms with E-state index >= 15 is 0 Å². The largest absolute Gasteiger partial charge is 0.384 e. The van der Waals surface area contributed by atoms with Crippen molar-refractivity contribution in [1.29, 1.82) is 0 Å². The van der Waals surface area contributed by atoms with Gasteiger partial charge in [0.1, 0.15) is 6.10 Å². The molecule has 0 aliphatic heterocycles. The molecule has 0 amide bonds. The highest BCUT2D eigenvalue weighted by molar-refractivity contribution is 7.85. The number of allylic oxidation sites excluding steroid dienone is 1. The summed E-state index contributed by atoms with van der Waals surface area (Å²) in [5.41, 5.74) is 0.962. The van der Waals surface area contributed by atoms with Crippen LogP contribution in [0.3, 0.4) is 0 Å². The molecule has 0 radical (unpaired) electrons. The monoisotopic (exact) mass is 308 g/mol. The highest BCUT2D eigenvalue weighted by Crippen LogP contribution is 2.30. The van der Waals surface area contributed by atoms with Crippen LogP contribution >= 0.6 is 11.6 Å². The maximum absolute atomic E-state index is 13.0.